The number of aromatic nitrogens is 3. The van der Waals surface area contributed by atoms with Gasteiger partial charge in [0.15, 0.2) is 5.82 Å². The highest BCUT2D eigenvalue weighted by Gasteiger charge is 2.04. The molecule has 1 aromatic heterocycles. The van der Waals surface area contributed by atoms with Crippen LogP contribution < -0.4 is 5.73 Å². The first-order chi connectivity index (χ1) is 7.16. The van der Waals surface area contributed by atoms with Crippen molar-refractivity contribution in [2.45, 2.75) is 13.5 Å². The van der Waals surface area contributed by atoms with Crippen LogP contribution in [0.25, 0.3) is 0 Å². The summed E-state index contributed by atoms with van der Waals surface area (Å²) in [6.07, 6.45) is 1.72. The van der Waals surface area contributed by atoms with Gasteiger partial charge in [0, 0.05) is 4.47 Å². The highest BCUT2D eigenvalue weighted by Crippen LogP contribution is 2.21. The zero-order chi connectivity index (χ0) is 10.8. The van der Waals surface area contributed by atoms with E-state index in [4.69, 9.17) is 5.73 Å². The van der Waals surface area contributed by atoms with Gasteiger partial charge in [-0.2, -0.15) is 0 Å². The molecule has 0 saturated heterocycles. The molecule has 0 amide bonds. The Hall–Kier alpha value is -1.36. The number of nitrogens with two attached hydrogens (primary N) is 1. The molecule has 0 radical (unpaired) electrons. The fourth-order valence-corrected chi connectivity index (χ4v) is 1.79. The molecule has 15 heavy (non-hydrogen) atoms. The lowest BCUT2D eigenvalue weighted by molar-refractivity contribution is 0.648. The maximum atomic E-state index is 5.49. The Labute approximate surface area is 96.2 Å². The molecule has 1 aromatic carbocycles. The average Bonchev–Trinajstić information content (AvgIpc) is 2.59. The van der Waals surface area contributed by atoms with Crippen LogP contribution in [0.4, 0.5) is 5.82 Å². The van der Waals surface area contributed by atoms with Gasteiger partial charge < -0.3 is 5.73 Å². The van der Waals surface area contributed by atoms with E-state index < -0.39 is 0 Å². The zero-order valence-corrected chi connectivity index (χ0v) is 9.90. The van der Waals surface area contributed by atoms with Gasteiger partial charge in [0.2, 0.25) is 0 Å². The van der Waals surface area contributed by atoms with E-state index in [0.717, 1.165) is 4.47 Å². The molecule has 0 saturated carbocycles. The summed E-state index contributed by atoms with van der Waals surface area (Å²) in [5.41, 5.74) is 7.87. The van der Waals surface area contributed by atoms with E-state index in [1.54, 1.807) is 10.9 Å². The van der Waals surface area contributed by atoms with Crippen LogP contribution >= 0.6 is 15.9 Å². The summed E-state index contributed by atoms with van der Waals surface area (Å²) in [4.78, 5) is 0. The number of nitrogens with zero attached hydrogens (tertiary/aromatic N) is 3. The molecule has 0 aliphatic heterocycles. The van der Waals surface area contributed by atoms with Crippen LogP contribution in [0.2, 0.25) is 0 Å². The molecule has 2 rings (SSSR count). The van der Waals surface area contributed by atoms with Crippen LogP contribution in [0.1, 0.15) is 11.1 Å². The van der Waals surface area contributed by atoms with Gasteiger partial charge in [0.05, 0.1) is 12.7 Å². The van der Waals surface area contributed by atoms with Crippen molar-refractivity contribution in [1.82, 2.24) is 15.0 Å². The number of nitrogen functional groups attached to an aromatic ring is 1. The summed E-state index contributed by atoms with van der Waals surface area (Å²) >= 11 is 3.55. The standard InChI is InChI=1S/C10H11BrN4/c1-7-3-2-4-8(10(7)11)5-15-6-9(12)13-14-15/h2-4,6H,5,12H2,1H3. The third-order valence-corrected chi connectivity index (χ3v) is 3.30. The molecule has 0 spiro atoms. The topological polar surface area (TPSA) is 56.7 Å². The Morgan fingerprint density at radius 2 is 2.27 bits per heavy atom. The fourth-order valence-electron chi connectivity index (χ4n) is 1.40. The zero-order valence-electron chi connectivity index (χ0n) is 8.31. The monoisotopic (exact) mass is 266 g/mol. The van der Waals surface area contributed by atoms with Crippen LogP contribution in [0, 0.1) is 6.92 Å². The van der Waals surface area contributed by atoms with Gasteiger partial charge >= 0.3 is 0 Å². The predicted molar refractivity (Wildman–Crippen MR) is 62.4 cm³/mol. The third-order valence-electron chi connectivity index (χ3n) is 2.16. The molecule has 0 fully saturated rings. The van der Waals surface area contributed by atoms with Gasteiger partial charge in [0.1, 0.15) is 0 Å². The Morgan fingerprint density at radius 3 is 2.93 bits per heavy atom. The van der Waals surface area contributed by atoms with Gasteiger partial charge in [-0.1, -0.05) is 39.3 Å². The van der Waals surface area contributed by atoms with Gasteiger partial charge in [-0.15, -0.1) is 5.10 Å². The van der Waals surface area contributed by atoms with E-state index in [1.165, 1.54) is 11.1 Å². The molecular formula is C10H11BrN4. The molecule has 4 nitrogen and oxygen atoms in total. The largest absolute Gasteiger partial charge is 0.381 e. The van der Waals surface area contributed by atoms with Crippen molar-refractivity contribution < 1.29 is 0 Å². The van der Waals surface area contributed by atoms with Crippen LogP contribution in [0.3, 0.4) is 0 Å². The number of aryl methyl sites for hydroxylation is 1. The second-order valence-corrected chi connectivity index (χ2v) is 4.18. The van der Waals surface area contributed by atoms with E-state index in [9.17, 15) is 0 Å². The smallest absolute Gasteiger partial charge is 0.165 e. The third kappa shape index (κ3) is 2.18. The molecule has 0 unspecified atom stereocenters. The Balaban J connectivity index is 2.28. The van der Waals surface area contributed by atoms with Crippen LogP contribution in [0.5, 0.6) is 0 Å². The quantitative estimate of drug-likeness (QED) is 0.905. The SMILES string of the molecule is Cc1cccc(Cn2cc(N)nn2)c1Br. The molecular weight excluding hydrogens is 256 g/mol. The van der Waals surface area contributed by atoms with Gasteiger partial charge in [-0.3, -0.25) is 0 Å². The minimum atomic E-state index is 0.443. The fraction of sp³-hybridized carbons (Fsp3) is 0.200. The van der Waals surface area contributed by atoms with Gasteiger partial charge in [0.25, 0.3) is 0 Å². The summed E-state index contributed by atoms with van der Waals surface area (Å²) < 4.78 is 2.83. The average molecular weight is 267 g/mol. The second-order valence-electron chi connectivity index (χ2n) is 3.39. The van der Waals surface area contributed by atoms with Crippen molar-refractivity contribution in [3.05, 3.63) is 40.0 Å². The lowest BCUT2D eigenvalue weighted by Gasteiger charge is -2.06. The van der Waals surface area contributed by atoms with E-state index in [1.807, 2.05) is 6.07 Å². The summed E-state index contributed by atoms with van der Waals surface area (Å²) in [5, 5.41) is 7.64. The van der Waals surface area contributed by atoms with Crippen molar-refractivity contribution in [3.8, 4) is 0 Å². The molecule has 5 heteroatoms. The lowest BCUT2D eigenvalue weighted by atomic mass is 10.1. The Bertz CT molecular complexity index is 478. The number of halogens is 1. The van der Waals surface area contributed by atoms with Crippen molar-refractivity contribution in [1.29, 1.82) is 0 Å². The van der Waals surface area contributed by atoms with E-state index in [2.05, 4.69) is 45.3 Å². The van der Waals surface area contributed by atoms with E-state index in [-0.39, 0.29) is 0 Å². The molecule has 2 N–H and O–H groups in total. The maximum Gasteiger partial charge on any atom is 0.165 e. The number of rotatable bonds is 2. The summed E-state index contributed by atoms with van der Waals surface area (Å²) in [7, 11) is 0. The Morgan fingerprint density at radius 1 is 1.47 bits per heavy atom. The highest BCUT2D eigenvalue weighted by atomic mass is 79.9. The van der Waals surface area contributed by atoms with Crippen molar-refractivity contribution in [2.75, 3.05) is 5.73 Å². The van der Waals surface area contributed by atoms with Gasteiger partial charge in [-0.05, 0) is 18.1 Å². The molecule has 1 heterocycles. The molecule has 0 bridgehead atoms. The van der Waals surface area contributed by atoms with Gasteiger partial charge in [-0.25, -0.2) is 4.68 Å². The molecule has 0 aliphatic carbocycles. The van der Waals surface area contributed by atoms with E-state index >= 15 is 0 Å². The number of benzene rings is 1. The molecule has 78 valence electrons. The van der Waals surface area contributed by atoms with Crippen LogP contribution in [-0.2, 0) is 6.54 Å². The minimum absolute atomic E-state index is 0.443. The van der Waals surface area contributed by atoms with Crippen molar-refractivity contribution >= 4 is 21.7 Å². The van der Waals surface area contributed by atoms with Crippen LogP contribution in [-0.4, -0.2) is 15.0 Å². The van der Waals surface area contributed by atoms with E-state index in [0.29, 0.717) is 12.4 Å². The number of anilines is 1. The normalized spacial score (nSPS) is 10.5. The Kier molecular flexibility index (Phi) is 2.73. The molecule has 0 atom stereocenters. The highest BCUT2D eigenvalue weighted by molar-refractivity contribution is 9.10. The van der Waals surface area contributed by atoms with Crippen molar-refractivity contribution in [3.63, 3.8) is 0 Å². The number of hydrogen-bond acceptors (Lipinski definition) is 3. The summed E-state index contributed by atoms with van der Waals surface area (Å²) in [5.74, 6) is 0.443. The van der Waals surface area contributed by atoms with Crippen LogP contribution in [0.15, 0.2) is 28.9 Å². The summed E-state index contributed by atoms with van der Waals surface area (Å²) in [6, 6.07) is 6.13. The minimum Gasteiger partial charge on any atom is -0.381 e. The molecule has 0 aliphatic rings. The molecule has 2 aromatic rings. The lowest BCUT2D eigenvalue weighted by Crippen LogP contribution is -2.01. The van der Waals surface area contributed by atoms with Crippen molar-refractivity contribution in [2.24, 2.45) is 0 Å². The maximum absolute atomic E-state index is 5.49. The predicted octanol–water partition coefficient (Wildman–Crippen LogP) is 1.98. The number of hydrogen-bond donors (Lipinski definition) is 1. The first-order valence-corrected chi connectivity index (χ1v) is 5.35. The first kappa shape index (κ1) is 10.2. The second kappa shape index (κ2) is 4.02. The summed E-state index contributed by atoms with van der Waals surface area (Å²) in [6.45, 7) is 2.73. The first-order valence-electron chi connectivity index (χ1n) is 4.56.